The molecule has 7 nitrogen and oxygen atoms in total. The fourth-order valence-electron chi connectivity index (χ4n) is 2.47. The van der Waals surface area contributed by atoms with Gasteiger partial charge in [-0.3, -0.25) is 4.79 Å². The van der Waals surface area contributed by atoms with E-state index in [1.54, 1.807) is 0 Å². The average molecular weight is 420 g/mol. The maximum atomic E-state index is 11.8. The quantitative estimate of drug-likeness (QED) is 0.167. The Morgan fingerprint density at radius 2 is 1.68 bits per heavy atom. The normalized spacial score (nSPS) is 12.0. The SMILES string of the molecule is C.C=CC(=O)OCC(CC)COC(=O)CCNCCC[Si](C)(OCC)OCC. The third-order valence-electron chi connectivity index (χ3n) is 4.08. The Morgan fingerprint density at radius 1 is 1.07 bits per heavy atom. The molecular formula is C20H41NO6Si. The van der Waals surface area contributed by atoms with E-state index in [2.05, 4.69) is 18.4 Å². The monoisotopic (exact) mass is 419 g/mol. The van der Waals surface area contributed by atoms with Gasteiger partial charge in [0.25, 0.3) is 0 Å². The minimum atomic E-state index is -2.05. The summed E-state index contributed by atoms with van der Waals surface area (Å²) in [6.45, 7) is 14.6. The number of ether oxygens (including phenoxy) is 2. The number of hydrogen-bond donors (Lipinski definition) is 1. The Morgan fingerprint density at radius 3 is 2.21 bits per heavy atom. The number of nitrogens with one attached hydrogen (secondary N) is 1. The lowest BCUT2D eigenvalue weighted by Gasteiger charge is -2.25. The van der Waals surface area contributed by atoms with Crippen LogP contribution in [-0.2, 0) is 27.9 Å². The summed E-state index contributed by atoms with van der Waals surface area (Å²) in [5, 5.41) is 3.25. The van der Waals surface area contributed by atoms with Crippen molar-refractivity contribution in [1.29, 1.82) is 0 Å². The first-order valence-electron chi connectivity index (χ1n) is 9.84. The second-order valence-corrected chi connectivity index (χ2v) is 9.74. The van der Waals surface area contributed by atoms with Crippen LogP contribution in [0.25, 0.3) is 0 Å². The molecule has 0 bridgehead atoms. The molecule has 28 heavy (non-hydrogen) atoms. The van der Waals surface area contributed by atoms with Gasteiger partial charge in [-0.05, 0) is 45.8 Å². The predicted octanol–water partition coefficient (Wildman–Crippen LogP) is 3.44. The van der Waals surface area contributed by atoms with E-state index < -0.39 is 14.5 Å². The Kier molecular flexibility index (Phi) is 18.5. The Balaban J connectivity index is 0. The number of esters is 2. The zero-order valence-corrected chi connectivity index (χ0v) is 18.4. The lowest BCUT2D eigenvalue weighted by molar-refractivity contribution is -0.146. The summed E-state index contributed by atoms with van der Waals surface area (Å²) in [6.07, 6.45) is 3.15. The maximum absolute atomic E-state index is 11.8. The average Bonchev–Trinajstić information content (AvgIpc) is 2.64. The maximum Gasteiger partial charge on any atom is 0.334 e. The first-order chi connectivity index (χ1) is 12.9. The van der Waals surface area contributed by atoms with Gasteiger partial charge < -0.3 is 23.6 Å². The third-order valence-corrected chi connectivity index (χ3v) is 7.14. The van der Waals surface area contributed by atoms with Gasteiger partial charge in [0.2, 0.25) is 0 Å². The molecule has 0 aliphatic rings. The lowest BCUT2D eigenvalue weighted by atomic mass is 10.1. The summed E-state index contributed by atoms with van der Waals surface area (Å²) in [7, 11) is -2.05. The summed E-state index contributed by atoms with van der Waals surface area (Å²) >= 11 is 0. The van der Waals surface area contributed by atoms with Crippen LogP contribution in [0.2, 0.25) is 12.6 Å². The van der Waals surface area contributed by atoms with Crippen molar-refractivity contribution in [2.45, 2.75) is 60.1 Å². The second-order valence-electron chi connectivity index (χ2n) is 6.39. The largest absolute Gasteiger partial charge is 0.465 e. The van der Waals surface area contributed by atoms with Crippen LogP contribution in [0.15, 0.2) is 12.7 Å². The molecule has 0 saturated carbocycles. The zero-order valence-electron chi connectivity index (χ0n) is 17.4. The molecule has 0 amide bonds. The first-order valence-corrected chi connectivity index (χ1v) is 12.4. The molecule has 0 fully saturated rings. The van der Waals surface area contributed by atoms with E-state index >= 15 is 0 Å². The summed E-state index contributed by atoms with van der Waals surface area (Å²) in [5.41, 5.74) is 0. The molecule has 1 unspecified atom stereocenters. The van der Waals surface area contributed by atoms with Crippen LogP contribution in [0.1, 0.15) is 47.5 Å². The van der Waals surface area contributed by atoms with Gasteiger partial charge in [-0.25, -0.2) is 4.79 Å². The van der Waals surface area contributed by atoms with Crippen molar-refractivity contribution in [1.82, 2.24) is 5.32 Å². The molecule has 0 aliphatic heterocycles. The van der Waals surface area contributed by atoms with Gasteiger partial charge in [-0.15, -0.1) is 0 Å². The van der Waals surface area contributed by atoms with Gasteiger partial charge in [-0.1, -0.05) is 20.9 Å². The molecule has 0 aromatic carbocycles. The summed E-state index contributed by atoms with van der Waals surface area (Å²) < 4.78 is 21.8. The van der Waals surface area contributed by atoms with E-state index in [9.17, 15) is 9.59 Å². The van der Waals surface area contributed by atoms with Crippen LogP contribution in [0, 0.1) is 5.92 Å². The number of hydrogen-bond acceptors (Lipinski definition) is 7. The summed E-state index contributed by atoms with van der Waals surface area (Å²) in [4.78, 5) is 22.9. The highest BCUT2D eigenvalue weighted by Crippen LogP contribution is 2.15. The molecule has 0 aliphatic carbocycles. The zero-order chi connectivity index (χ0) is 20.5. The molecule has 0 radical (unpaired) electrons. The van der Waals surface area contributed by atoms with Gasteiger partial charge >= 0.3 is 20.5 Å². The number of rotatable bonds is 17. The lowest BCUT2D eigenvalue weighted by Crippen LogP contribution is -2.39. The molecule has 0 heterocycles. The van der Waals surface area contributed by atoms with Gasteiger partial charge in [0.15, 0.2) is 0 Å². The van der Waals surface area contributed by atoms with Crippen molar-refractivity contribution in [2.24, 2.45) is 5.92 Å². The first kappa shape index (κ1) is 29.0. The number of carbonyl (C=O) groups is 2. The van der Waals surface area contributed by atoms with Crippen LogP contribution in [0.5, 0.6) is 0 Å². The van der Waals surface area contributed by atoms with Crippen molar-refractivity contribution in [3.05, 3.63) is 12.7 Å². The topological polar surface area (TPSA) is 83.1 Å². The van der Waals surface area contributed by atoms with Crippen LogP contribution < -0.4 is 5.32 Å². The molecule has 0 aromatic rings. The van der Waals surface area contributed by atoms with Gasteiger partial charge in [0, 0.05) is 31.8 Å². The van der Waals surface area contributed by atoms with Gasteiger partial charge in [-0.2, -0.15) is 0 Å². The van der Waals surface area contributed by atoms with Crippen LogP contribution in [-0.4, -0.2) is 60.0 Å². The van der Waals surface area contributed by atoms with Gasteiger partial charge in [0.1, 0.15) is 0 Å². The van der Waals surface area contributed by atoms with E-state index in [1.807, 2.05) is 20.8 Å². The minimum absolute atomic E-state index is 0. The Labute approximate surface area is 172 Å². The predicted molar refractivity (Wildman–Crippen MR) is 114 cm³/mol. The van der Waals surface area contributed by atoms with E-state index in [1.165, 1.54) is 0 Å². The highest BCUT2D eigenvalue weighted by atomic mass is 28.4. The van der Waals surface area contributed by atoms with Crippen LogP contribution in [0.4, 0.5) is 0 Å². The fraction of sp³-hybridized carbons (Fsp3) is 0.800. The van der Waals surface area contributed by atoms with Crippen molar-refractivity contribution in [3.63, 3.8) is 0 Å². The Bertz CT molecular complexity index is 427. The smallest absolute Gasteiger partial charge is 0.334 e. The standard InChI is InChI=1S/C19H37NO6Si.CH4/c1-6-17(15-23-18(21)7-2)16-24-19(22)11-13-20-12-10-14-27(5,25-8-3)26-9-4;/h7,17,20H,2,6,8-16H2,1,3-5H3;1H4. The Hall–Kier alpha value is -1.22. The molecule has 166 valence electrons. The summed E-state index contributed by atoms with van der Waals surface area (Å²) in [6, 6.07) is 0.924. The second kappa shape index (κ2) is 17.8. The summed E-state index contributed by atoms with van der Waals surface area (Å²) in [5.74, 6) is -0.707. The van der Waals surface area contributed by atoms with Crippen molar-refractivity contribution >= 4 is 20.5 Å². The molecular weight excluding hydrogens is 378 g/mol. The van der Waals surface area contributed by atoms with Crippen molar-refractivity contribution < 1.29 is 27.9 Å². The molecule has 8 heteroatoms. The van der Waals surface area contributed by atoms with Gasteiger partial charge in [0.05, 0.1) is 19.6 Å². The highest BCUT2D eigenvalue weighted by Gasteiger charge is 2.29. The van der Waals surface area contributed by atoms with E-state index in [4.69, 9.17) is 18.3 Å². The van der Waals surface area contributed by atoms with E-state index in [-0.39, 0.29) is 32.5 Å². The minimum Gasteiger partial charge on any atom is -0.465 e. The van der Waals surface area contributed by atoms with Crippen molar-refractivity contribution in [2.75, 3.05) is 39.5 Å². The number of carbonyl (C=O) groups excluding carboxylic acids is 2. The molecule has 0 aromatic heterocycles. The van der Waals surface area contributed by atoms with Crippen LogP contribution >= 0.6 is 0 Å². The molecule has 0 saturated heterocycles. The molecule has 0 rings (SSSR count). The van der Waals surface area contributed by atoms with E-state index in [0.717, 1.165) is 31.5 Å². The molecule has 1 atom stereocenters. The molecule has 0 spiro atoms. The third kappa shape index (κ3) is 14.8. The van der Waals surface area contributed by atoms with Crippen molar-refractivity contribution in [3.8, 4) is 0 Å². The van der Waals surface area contributed by atoms with E-state index in [0.29, 0.717) is 26.2 Å². The van der Waals surface area contributed by atoms with Crippen LogP contribution in [0.3, 0.4) is 0 Å². The fourth-order valence-corrected chi connectivity index (χ4v) is 4.88. The highest BCUT2D eigenvalue weighted by molar-refractivity contribution is 6.66. The molecule has 1 N–H and O–H groups in total.